The predicted molar refractivity (Wildman–Crippen MR) is 74.8 cm³/mol. The van der Waals surface area contributed by atoms with Crippen LogP contribution in [-0.2, 0) is 6.42 Å². The average Bonchev–Trinajstić information content (AvgIpc) is 2.86. The topological polar surface area (TPSA) is 76.2 Å². The number of unbranched alkanes of at least 4 members (excludes halogenated alkanes) is 1. The van der Waals surface area contributed by atoms with Crippen LogP contribution in [0.3, 0.4) is 0 Å². The first-order chi connectivity index (χ1) is 9.54. The SMILES string of the molecule is CCCCc1nnc(-c2c(C)ccc(C)c2C(=O)O)o1. The standard InChI is InChI=1S/C15H18N2O3/c1-4-5-6-11-16-17-14(20-11)12-9(2)7-8-10(3)13(12)15(18)19/h7-8H,4-6H2,1-3H3,(H,18,19). The van der Waals surface area contributed by atoms with Crippen LogP contribution in [0.25, 0.3) is 11.5 Å². The minimum atomic E-state index is -0.977. The molecule has 2 aromatic rings. The van der Waals surface area contributed by atoms with Gasteiger partial charge in [-0.05, 0) is 31.4 Å². The summed E-state index contributed by atoms with van der Waals surface area (Å²) in [5, 5.41) is 17.4. The van der Waals surface area contributed by atoms with Crippen LogP contribution in [-0.4, -0.2) is 21.3 Å². The number of nitrogens with zero attached hydrogens (tertiary/aromatic N) is 2. The van der Waals surface area contributed by atoms with Crippen LogP contribution >= 0.6 is 0 Å². The van der Waals surface area contributed by atoms with Crippen molar-refractivity contribution in [3.8, 4) is 11.5 Å². The number of aromatic nitrogens is 2. The molecule has 0 bridgehead atoms. The first-order valence-electron chi connectivity index (χ1n) is 6.70. The monoisotopic (exact) mass is 274 g/mol. The Labute approximate surface area is 117 Å². The largest absolute Gasteiger partial charge is 0.478 e. The molecule has 0 amide bonds. The number of rotatable bonds is 5. The summed E-state index contributed by atoms with van der Waals surface area (Å²) in [4.78, 5) is 11.5. The zero-order valence-electron chi connectivity index (χ0n) is 11.9. The highest BCUT2D eigenvalue weighted by Crippen LogP contribution is 2.29. The van der Waals surface area contributed by atoms with Crippen LogP contribution in [0.1, 0.15) is 47.1 Å². The van der Waals surface area contributed by atoms with Gasteiger partial charge in [0, 0.05) is 6.42 Å². The lowest BCUT2D eigenvalue weighted by Crippen LogP contribution is -2.04. The van der Waals surface area contributed by atoms with Crippen LogP contribution in [0.4, 0.5) is 0 Å². The number of benzene rings is 1. The fourth-order valence-corrected chi connectivity index (χ4v) is 2.15. The maximum absolute atomic E-state index is 11.5. The molecule has 0 radical (unpaired) electrons. The molecule has 2 rings (SSSR count). The summed E-state index contributed by atoms with van der Waals surface area (Å²) in [6, 6.07) is 3.66. The maximum atomic E-state index is 11.5. The van der Waals surface area contributed by atoms with E-state index in [4.69, 9.17) is 4.42 Å². The molecular formula is C15H18N2O3. The lowest BCUT2D eigenvalue weighted by atomic mass is 9.97. The van der Waals surface area contributed by atoms with Gasteiger partial charge in [-0.1, -0.05) is 25.5 Å². The molecule has 5 nitrogen and oxygen atoms in total. The zero-order chi connectivity index (χ0) is 14.7. The van der Waals surface area contributed by atoms with Gasteiger partial charge in [-0.3, -0.25) is 0 Å². The van der Waals surface area contributed by atoms with E-state index in [-0.39, 0.29) is 11.5 Å². The normalized spacial score (nSPS) is 10.8. The van der Waals surface area contributed by atoms with Crippen molar-refractivity contribution in [2.75, 3.05) is 0 Å². The Morgan fingerprint density at radius 1 is 1.25 bits per heavy atom. The van der Waals surface area contributed by atoms with E-state index in [2.05, 4.69) is 17.1 Å². The highest BCUT2D eigenvalue weighted by atomic mass is 16.4. The molecule has 1 aromatic heterocycles. The van der Waals surface area contributed by atoms with E-state index in [1.807, 2.05) is 13.0 Å². The van der Waals surface area contributed by atoms with Gasteiger partial charge in [-0.2, -0.15) is 0 Å². The van der Waals surface area contributed by atoms with Gasteiger partial charge >= 0.3 is 5.97 Å². The average molecular weight is 274 g/mol. The molecule has 0 atom stereocenters. The van der Waals surface area contributed by atoms with Gasteiger partial charge in [0.2, 0.25) is 11.8 Å². The Morgan fingerprint density at radius 3 is 2.60 bits per heavy atom. The summed E-state index contributed by atoms with van der Waals surface area (Å²) in [6.45, 7) is 5.70. The molecule has 0 unspecified atom stereocenters. The third kappa shape index (κ3) is 2.71. The van der Waals surface area contributed by atoms with E-state index in [0.29, 0.717) is 17.0 Å². The number of carboxylic acids is 1. The van der Waals surface area contributed by atoms with Crippen molar-refractivity contribution in [3.63, 3.8) is 0 Å². The lowest BCUT2D eigenvalue weighted by Gasteiger charge is -2.08. The summed E-state index contributed by atoms with van der Waals surface area (Å²) >= 11 is 0. The fraction of sp³-hybridized carbons (Fsp3) is 0.400. The zero-order valence-corrected chi connectivity index (χ0v) is 11.9. The van der Waals surface area contributed by atoms with Crippen molar-refractivity contribution in [2.45, 2.75) is 40.0 Å². The molecule has 1 aromatic carbocycles. The third-order valence-electron chi connectivity index (χ3n) is 3.26. The summed E-state index contributed by atoms with van der Waals surface area (Å²) in [5.41, 5.74) is 2.26. The lowest BCUT2D eigenvalue weighted by molar-refractivity contribution is 0.0696. The number of aryl methyl sites for hydroxylation is 3. The van der Waals surface area contributed by atoms with Crippen molar-refractivity contribution < 1.29 is 14.3 Å². The van der Waals surface area contributed by atoms with Gasteiger partial charge in [-0.25, -0.2) is 4.79 Å². The van der Waals surface area contributed by atoms with Crippen molar-refractivity contribution >= 4 is 5.97 Å². The Morgan fingerprint density at radius 2 is 1.95 bits per heavy atom. The van der Waals surface area contributed by atoms with Crippen LogP contribution < -0.4 is 0 Å². The Balaban J connectivity index is 2.49. The highest BCUT2D eigenvalue weighted by Gasteiger charge is 2.21. The van der Waals surface area contributed by atoms with Crippen molar-refractivity contribution in [2.24, 2.45) is 0 Å². The summed E-state index contributed by atoms with van der Waals surface area (Å²) in [5.74, 6) is -0.136. The van der Waals surface area contributed by atoms with Gasteiger partial charge in [-0.15, -0.1) is 10.2 Å². The molecule has 1 N–H and O–H groups in total. The molecule has 0 saturated heterocycles. The highest BCUT2D eigenvalue weighted by molar-refractivity contribution is 5.97. The fourth-order valence-electron chi connectivity index (χ4n) is 2.15. The first-order valence-corrected chi connectivity index (χ1v) is 6.70. The Hall–Kier alpha value is -2.17. The number of hydrogen-bond donors (Lipinski definition) is 1. The first kappa shape index (κ1) is 14.2. The predicted octanol–water partition coefficient (Wildman–Crippen LogP) is 3.39. The maximum Gasteiger partial charge on any atom is 0.336 e. The number of carbonyl (C=O) groups is 1. The van der Waals surface area contributed by atoms with Crippen LogP contribution in [0, 0.1) is 13.8 Å². The van der Waals surface area contributed by atoms with Crippen LogP contribution in [0.5, 0.6) is 0 Å². The van der Waals surface area contributed by atoms with Crippen LogP contribution in [0.15, 0.2) is 16.5 Å². The van der Waals surface area contributed by atoms with E-state index in [1.54, 1.807) is 13.0 Å². The Bertz CT molecular complexity index is 632. The van der Waals surface area contributed by atoms with E-state index in [9.17, 15) is 9.90 Å². The van der Waals surface area contributed by atoms with E-state index in [1.165, 1.54) is 0 Å². The molecule has 106 valence electrons. The molecule has 0 aliphatic carbocycles. The smallest absolute Gasteiger partial charge is 0.336 e. The Kier molecular flexibility index (Phi) is 4.17. The van der Waals surface area contributed by atoms with Crippen molar-refractivity contribution in [3.05, 3.63) is 34.7 Å². The third-order valence-corrected chi connectivity index (χ3v) is 3.26. The quantitative estimate of drug-likeness (QED) is 0.904. The molecule has 0 fully saturated rings. The van der Waals surface area contributed by atoms with E-state index in [0.717, 1.165) is 24.8 Å². The number of hydrogen-bond acceptors (Lipinski definition) is 4. The summed E-state index contributed by atoms with van der Waals surface area (Å²) in [6.07, 6.45) is 2.73. The van der Waals surface area contributed by atoms with Gasteiger partial charge in [0.25, 0.3) is 0 Å². The van der Waals surface area contributed by atoms with E-state index >= 15 is 0 Å². The molecular weight excluding hydrogens is 256 g/mol. The molecule has 0 spiro atoms. The van der Waals surface area contributed by atoms with Crippen molar-refractivity contribution in [1.82, 2.24) is 10.2 Å². The van der Waals surface area contributed by atoms with Crippen molar-refractivity contribution in [1.29, 1.82) is 0 Å². The van der Waals surface area contributed by atoms with Crippen LogP contribution in [0.2, 0.25) is 0 Å². The second kappa shape index (κ2) is 5.86. The molecule has 0 aliphatic heterocycles. The minimum Gasteiger partial charge on any atom is -0.478 e. The molecule has 5 heteroatoms. The van der Waals surface area contributed by atoms with Gasteiger partial charge < -0.3 is 9.52 Å². The second-order valence-corrected chi connectivity index (χ2v) is 4.86. The summed E-state index contributed by atoms with van der Waals surface area (Å²) < 4.78 is 5.61. The van der Waals surface area contributed by atoms with Gasteiger partial charge in [0.1, 0.15) is 0 Å². The van der Waals surface area contributed by atoms with E-state index < -0.39 is 5.97 Å². The molecule has 1 heterocycles. The minimum absolute atomic E-state index is 0.232. The number of aromatic carboxylic acids is 1. The second-order valence-electron chi connectivity index (χ2n) is 4.86. The summed E-state index contributed by atoms with van der Waals surface area (Å²) in [7, 11) is 0. The van der Waals surface area contributed by atoms with Gasteiger partial charge in [0.15, 0.2) is 0 Å². The molecule has 0 aliphatic rings. The van der Waals surface area contributed by atoms with Gasteiger partial charge in [0.05, 0.1) is 11.1 Å². The molecule has 0 saturated carbocycles. The number of carboxylic acid groups (broad SMARTS) is 1. The molecule has 20 heavy (non-hydrogen) atoms.